The fourth-order valence-corrected chi connectivity index (χ4v) is 4.72. The van der Waals surface area contributed by atoms with E-state index in [9.17, 15) is 0 Å². The predicted molar refractivity (Wildman–Crippen MR) is 113 cm³/mol. The smallest absolute Gasteiger partial charge is 0.191 e. The molecule has 146 valence electrons. The lowest BCUT2D eigenvalue weighted by molar-refractivity contribution is 0.242. The zero-order chi connectivity index (χ0) is 18.5. The molecular formula is C22H33N5. The number of likely N-dealkylation sites (tertiary alicyclic amines) is 1. The van der Waals surface area contributed by atoms with Gasteiger partial charge in [-0.2, -0.15) is 0 Å². The van der Waals surface area contributed by atoms with Crippen LogP contribution in [-0.4, -0.2) is 54.6 Å². The molecule has 1 saturated heterocycles. The molecule has 2 aromatic rings. The molecule has 1 aromatic heterocycles. The molecule has 2 aliphatic rings. The molecule has 1 saturated carbocycles. The van der Waals surface area contributed by atoms with Gasteiger partial charge in [-0.3, -0.25) is 9.89 Å². The summed E-state index contributed by atoms with van der Waals surface area (Å²) in [6.07, 6.45) is 11.2. The van der Waals surface area contributed by atoms with Crippen LogP contribution in [0.2, 0.25) is 0 Å². The van der Waals surface area contributed by atoms with Gasteiger partial charge >= 0.3 is 0 Å². The number of benzene rings is 1. The maximum absolute atomic E-state index is 4.43. The van der Waals surface area contributed by atoms with Crippen LogP contribution >= 0.6 is 0 Å². The molecule has 0 amide bonds. The molecule has 2 heterocycles. The number of aromatic nitrogens is 1. The van der Waals surface area contributed by atoms with Gasteiger partial charge in [0.1, 0.15) is 0 Å². The Labute approximate surface area is 162 Å². The van der Waals surface area contributed by atoms with Gasteiger partial charge < -0.3 is 15.6 Å². The quantitative estimate of drug-likeness (QED) is 0.417. The fourth-order valence-electron chi connectivity index (χ4n) is 4.72. The third-order valence-corrected chi connectivity index (χ3v) is 6.22. The Morgan fingerprint density at radius 2 is 2.07 bits per heavy atom. The van der Waals surface area contributed by atoms with E-state index >= 15 is 0 Å². The Hall–Kier alpha value is -2.01. The van der Waals surface area contributed by atoms with Crippen LogP contribution in [0.3, 0.4) is 0 Å². The molecule has 3 N–H and O–H groups in total. The van der Waals surface area contributed by atoms with Crippen molar-refractivity contribution >= 4 is 16.9 Å². The molecule has 1 aromatic carbocycles. The summed E-state index contributed by atoms with van der Waals surface area (Å²) in [5.74, 6) is 0.951. The van der Waals surface area contributed by atoms with Crippen molar-refractivity contribution in [1.29, 1.82) is 0 Å². The van der Waals surface area contributed by atoms with E-state index in [-0.39, 0.29) is 0 Å². The van der Waals surface area contributed by atoms with E-state index in [2.05, 4.69) is 56.0 Å². The first-order valence-corrected chi connectivity index (χ1v) is 10.6. The Bertz CT molecular complexity index is 759. The van der Waals surface area contributed by atoms with E-state index < -0.39 is 0 Å². The Balaban J connectivity index is 1.19. The summed E-state index contributed by atoms with van der Waals surface area (Å²) >= 11 is 0. The van der Waals surface area contributed by atoms with Crippen LogP contribution in [0.1, 0.15) is 44.1 Å². The van der Waals surface area contributed by atoms with Gasteiger partial charge in [0.05, 0.1) is 0 Å². The normalized spacial score (nSPS) is 22.0. The maximum atomic E-state index is 4.43. The number of fused-ring (bicyclic) bond motifs is 1. The highest BCUT2D eigenvalue weighted by Gasteiger charge is 2.30. The number of guanidine groups is 1. The number of nitrogens with zero attached hydrogens (tertiary/aromatic N) is 2. The first-order valence-electron chi connectivity index (χ1n) is 10.6. The average molecular weight is 368 g/mol. The number of aryl methyl sites for hydroxylation is 1. The van der Waals surface area contributed by atoms with E-state index in [4.69, 9.17) is 0 Å². The summed E-state index contributed by atoms with van der Waals surface area (Å²) < 4.78 is 0. The molecular weight excluding hydrogens is 334 g/mol. The topological polar surface area (TPSA) is 55.5 Å². The first kappa shape index (κ1) is 18.4. The highest BCUT2D eigenvalue weighted by Crippen LogP contribution is 2.26. The summed E-state index contributed by atoms with van der Waals surface area (Å²) in [4.78, 5) is 10.5. The lowest BCUT2D eigenvalue weighted by atomic mass is 10.1. The molecule has 1 aliphatic heterocycles. The standard InChI is InChI=1S/C22H33N5/c1-23-22(26-18-12-14-27(16-18)19-8-2-3-9-19)24-13-6-7-17-15-25-21-11-5-4-10-20(17)21/h4-5,10-11,15,18-19,25H,2-3,6-9,12-14,16H2,1H3,(H2,23,24,26). The summed E-state index contributed by atoms with van der Waals surface area (Å²) in [6.45, 7) is 3.35. The molecule has 27 heavy (non-hydrogen) atoms. The van der Waals surface area contributed by atoms with Gasteiger partial charge in [0, 0.05) is 55.9 Å². The van der Waals surface area contributed by atoms with Crippen LogP contribution in [0.5, 0.6) is 0 Å². The van der Waals surface area contributed by atoms with E-state index in [1.54, 1.807) is 0 Å². The van der Waals surface area contributed by atoms with Crippen molar-refractivity contribution in [3.8, 4) is 0 Å². The van der Waals surface area contributed by atoms with Crippen molar-refractivity contribution < 1.29 is 0 Å². The molecule has 1 unspecified atom stereocenters. The molecule has 1 atom stereocenters. The zero-order valence-corrected chi connectivity index (χ0v) is 16.5. The number of hydrogen-bond donors (Lipinski definition) is 3. The Kier molecular flexibility index (Phi) is 5.97. The van der Waals surface area contributed by atoms with Gasteiger partial charge in [0.2, 0.25) is 0 Å². The highest BCUT2D eigenvalue weighted by atomic mass is 15.3. The number of rotatable bonds is 6. The predicted octanol–water partition coefficient (Wildman–Crippen LogP) is 3.28. The summed E-state index contributed by atoms with van der Waals surface area (Å²) in [5.41, 5.74) is 2.63. The summed E-state index contributed by atoms with van der Waals surface area (Å²) in [5, 5.41) is 8.48. The Morgan fingerprint density at radius 1 is 1.22 bits per heavy atom. The van der Waals surface area contributed by atoms with Crippen molar-refractivity contribution in [2.45, 2.75) is 57.0 Å². The minimum Gasteiger partial charge on any atom is -0.361 e. The van der Waals surface area contributed by atoms with Crippen LogP contribution in [0, 0.1) is 0 Å². The minimum absolute atomic E-state index is 0.533. The second kappa shape index (κ2) is 8.79. The van der Waals surface area contributed by atoms with Crippen LogP contribution in [0.25, 0.3) is 10.9 Å². The number of hydrogen-bond acceptors (Lipinski definition) is 2. The van der Waals surface area contributed by atoms with E-state index in [1.807, 2.05) is 7.05 Å². The lowest BCUT2D eigenvalue weighted by Crippen LogP contribution is -2.45. The number of aliphatic imine (C=N–C) groups is 1. The van der Waals surface area contributed by atoms with Crippen molar-refractivity contribution in [3.63, 3.8) is 0 Å². The van der Waals surface area contributed by atoms with Gasteiger partial charge in [-0.25, -0.2) is 0 Å². The van der Waals surface area contributed by atoms with Crippen molar-refractivity contribution in [1.82, 2.24) is 20.5 Å². The van der Waals surface area contributed by atoms with Crippen molar-refractivity contribution in [2.75, 3.05) is 26.7 Å². The number of aromatic amines is 1. The lowest BCUT2D eigenvalue weighted by Gasteiger charge is -2.24. The number of para-hydroxylation sites is 1. The van der Waals surface area contributed by atoms with Crippen LogP contribution in [0.4, 0.5) is 0 Å². The van der Waals surface area contributed by atoms with Gasteiger partial charge in [-0.15, -0.1) is 0 Å². The van der Waals surface area contributed by atoms with Crippen LogP contribution < -0.4 is 10.6 Å². The van der Waals surface area contributed by atoms with E-state index in [0.717, 1.165) is 31.4 Å². The SMILES string of the molecule is CN=C(NCCCc1c[nH]c2ccccc12)NC1CCN(C2CCCC2)C1. The molecule has 4 rings (SSSR count). The van der Waals surface area contributed by atoms with Gasteiger partial charge in [-0.1, -0.05) is 31.0 Å². The van der Waals surface area contributed by atoms with Crippen molar-refractivity contribution in [3.05, 3.63) is 36.0 Å². The van der Waals surface area contributed by atoms with Crippen LogP contribution in [0.15, 0.2) is 35.5 Å². The summed E-state index contributed by atoms with van der Waals surface area (Å²) in [7, 11) is 1.87. The second-order valence-electron chi connectivity index (χ2n) is 8.03. The van der Waals surface area contributed by atoms with E-state index in [1.165, 1.54) is 61.7 Å². The molecule has 5 nitrogen and oxygen atoms in total. The van der Waals surface area contributed by atoms with Gasteiger partial charge in [0.15, 0.2) is 5.96 Å². The Morgan fingerprint density at radius 3 is 2.93 bits per heavy atom. The summed E-state index contributed by atoms with van der Waals surface area (Å²) in [6, 6.07) is 9.90. The number of H-pyrrole nitrogens is 1. The highest BCUT2D eigenvalue weighted by molar-refractivity contribution is 5.83. The van der Waals surface area contributed by atoms with Gasteiger partial charge in [0.25, 0.3) is 0 Å². The molecule has 0 spiro atoms. The number of nitrogens with one attached hydrogen (secondary N) is 3. The fraction of sp³-hybridized carbons (Fsp3) is 0.591. The average Bonchev–Trinajstić information content (AvgIpc) is 3.45. The van der Waals surface area contributed by atoms with Crippen molar-refractivity contribution in [2.24, 2.45) is 4.99 Å². The molecule has 1 aliphatic carbocycles. The minimum atomic E-state index is 0.533. The second-order valence-corrected chi connectivity index (χ2v) is 8.03. The molecule has 0 bridgehead atoms. The monoisotopic (exact) mass is 367 g/mol. The third kappa shape index (κ3) is 4.46. The molecule has 0 radical (unpaired) electrons. The largest absolute Gasteiger partial charge is 0.361 e. The molecule has 5 heteroatoms. The zero-order valence-electron chi connectivity index (χ0n) is 16.5. The van der Waals surface area contributed by atoms with Crippen LogP contribution in [-0.2, 0) is 6.42 Å². The third-order valence-electron chi connectivity index (χ3n) is 6.22. The van der Waals surface area contributed by atoms with Gasteiger partial charge in [-0.05, 0) is 43.7 Å². The molecule has 2 fully saturated rings. The first-order chi connectivity index (χ1) is 13.3. The van der Waals surface area contributed by atoms with E-state index in [0.29, 0.717) is 6.04 Å². The maximum Gasteiger partial charge on any atom is 0.191 e.